The molecule has 0 amide bonds. The second kappa shape index (κ2) is 4.32. The Bertz CT molecular complexity index is 493. The zero-order valence-electron chi connectivity index (χ0n) is 9.12. The number of ketones is 1. The average molecular weight is 234 g/mol. The average Bonchev–Trinajstić information content (AvgIpc) is 2.78. The smallest absolute Gasteiger partial charge is 0.269 e. The van der Waals surface area contributed by atoms with Gasteiger partial charge in [-0.15, -0.1) is 0 Å². The fourth-order valence-electron chi connectivity index (χ4n) is 1.54. The fourth-order valence-corrected chi connectivity index (χ4v) is 1.54. The summed E-state index contributed by atoms with van der Waals surface area (Å²) in [6.07, 6.45) is -0.118. The summed E-state index contributed by atoms with van der Waals surface area (Å²) in [4.78, 5) is 26.1. The molecule has 1 aliphatic heterocycles. The van der Waals surface area contributed by atoms with Gasteiger partial charge in [0.15, 0.2) is 11.9 Å². The van der Waals surface area contributed by atoms with Gasteiger partial charge in [0.2, 0.25) is 0 Å². The maximum atomic E-state index is 11.1. The SMILES string of the molecule is CC(=O)C1CC(c2ccc([N+](=O)[O-])cc2)=NO1. The van der Waals surface area contributed by atoms with Crippen LogP contribution >= 0.6 is 0 Å². The Balaban J connectivity index is 2.14. The maximum absolute atomic E-state index is 11.1. The van der Waals surface area contributed by atoms with Gasteiger partial charge in [0.25, 0.3) is 5.69 Å². The molecule has 1 aliphatic rings. The van der Waals surface area contributed by atoms with E-state index in [0.717, 1.165) is 5.56 Å². The number of hydrogen-bond acceptors (Lipinski definition) is 5. The van der Waals surface area contributed by atoms with E-state index in [-0.39, 0.29) is 11.5 Å². The maximum Gasteiger partial charge on any atom is 0.269 e. The minimum Gasteiger partial charge on any atom is -0.384 e. The van der Waals surface area contributed by atoms with Crippen LogP contribution in [-0.4, -0.2) is 22.5 Å². The topological polar surface area (TPSA) is 81.8 Å². The van der Waals surface area contributed by atoms with Crippen molar-refractivity contribution in [1.29, 1.82) is 0 Å². The van der Waals surface area contributed by atoms with Crippen LogP contribution in [0, 0.1) is 10.1 Å². The summed E-state index contributed by atoms with van der Waals surface area (Å²) in [7, 11) is 0. The molecule has 1 heterocycles. The Labute approximate surface area is 97.0 Å². The molecule has 88 valence electrons. The van der Waals surface area contributed by atoms with E-state index >= 15 is 0 Å². The Kier molecular flexibility index (Phi) is 2.86. The highest BCUT2D eigenvalue weighted by Crippen LogP contribution is 2.19. The van der Waals surface area contributed by atoms with Crippen molar-refractivity contribution < 1.29 is 14.6 Å². The molecule has 1 unspecified atom stereocenters. The van der Waals surface area contributed by atoms with Crippen LogP contribution in [0.4, 0.5) is 5.69 Å². The Morgan fingerprint density at radius 3 is 2.59 bits per heavy atom. The fraction of sp³-hybridized carbons (Fsp3) is 0.273. The molecular formula is C11H10N2O4. The zero-order valence-corrected chi connectivity index (χ0v) is 9.12. The van der Waals surface area contributed by atoms with Crippen LogP contribution in [0.2, 0.25) is 0 Å². The summed E-state index contributed by atoms with van der Waals surface area (Å²) in [6, 6.07) is 6.00. The minimum absolute atomic E-state index is 0.0244. The molecule has 1 aromatic carbocycles. The number of nitrogens with zero attached hydrogens (tertiary/aromatic N) is 2. The molecule has 6 heteroatoms. The highest BCUT2D eigenvalue weighted by molar-refractivity contribution is 6.04. The first-order valence-electron chi connectivity index (χ1n) is 5.06. The van der Waals surface area contributed by atoms with E-state index in [1.807, 2.05) is 0 Å². The van der Waals surface area contributed by atoms with Gasteiger partial charge in [-0.1, -0.05) is 5.16 Å². The van der Waals surface area contributed by atoms with Gasteiger partial charge < -0.3 is 4.84 Å². The summed E-state index contributed by atoms with van der Waals surface area (Å²) in [5.41, 5.74) is 1.40. The lowest BCUT2D eigenvalue weighted by Crippen LogP contribution is -2.17. The summed E-state index contributed by atoms with van der Waals surface area (Å²) in [5.74, 6) is -0.0781. The Hall–Kier alpha value is -2.24. The van der Waals surface area contributed by atoms with Crippen LogP contribution in [0.5, 0.6) is 0 Å². The van der Waals surface area contributed by atoms with Gasteiger partial charge in [-0.05, 0) is 24.6 Å². The second-order valence-electron chi connectivity index (χ2n) is 3.75. The van der Waals surface area contributed by atoms with Crippen molar-refractivity contribution >= 4 is 17.2 Å². The molecule has 0 saturated heterocycles. The number of carbonyl (C=O) groups is 1. The predicted molar refractivity (Wildman–Crippen MR) is 59.8 cm³/mol. The van der Waals surface area contributed by atoms with E-state index in [9.17, 15) is 14.9 Å². The molecule has 0 N–H and O–H groups in total. The van der Waals surface area contributed by atoms with Crippen LogP contribution in [0.25, 0.3) is 0 Å². The summed E-state index contributed by atoms with van der Waals surface area (Å²) < 4.78 is 0. The van der Waals surface area contributed by atoms with Crippen LogP contribution < -0.4 is 0 Å². The van der Waals surface area contributed by atoms with Gasteiger partial charge in [0, 0.05) is 18.6 Å². The molecule has 2 rings (SSSR count). The van der Waals surface area contributed by atoms with Gasteiger partial charge in [-0.3, -0.25) is 14.9 Å². The summed E-state index contributed by atoms with van der Waals surface area (Å²) in [5, 5.41) is 14.3. The zero-order chi connectivity index (χ0) is 12.4. The standard InChI is InChI=1S/C11H10N2O4/c1-7(14)11-6-10(12-17-11)8-2-4-9(5-3-8)13(15)16/h2-5,11H,6H2,1H3. The molecule has 1 aromatic rings. The Morgan fingerprint density at radius 2 is 2.12 bits per heavy atom. The number of rotatable bonds is 3. The molecule has 0 fully saturated rings. The van der Waals surface area contributed by atoms with E-state index in [0.29, 0.717) is 12.1 Å². The lowest BCUT2D eigenvalue weighted by atomic mass is 10.0. The van der Waals surface area contributed by atoms with Crippen LogP contribution in [0.1, 0.15) is 18.9 Å². The van der Waals surface area contributed by atoms with E-state index in [1.54, 1.807) is 12.1 Å². The monoisotopic (exact) mass is 234 g/mol. The quantitative estimate of drug-likeness (QED) is 0.588. The van der Waals surface area contributed by atoms with Gasteiger partial charge in [-0.25, -0.2) is 0 Å². The molecule has 0 saturated carbocycles. The van der Waals surface area contributed by atoms with Crippen LogP contribution in [0.3, 0.4) is 0 Å². The van der Waals surface area contributed by atoms with Gasteiger partial charge in [0.1, 0.15) is 0 Å². The highest BCUT2D eigenvalue weighted by Gasteiger charge is 2.25. The molecule has 0 bridgehead atoms. The summed E-state index contributed by atoms with van der Waals surface area (Å²) in [6.45, 7) is 1.44. The van der Waals surface area contributed by atoms with E-state index in [2.05, 4.69) is 5.16 Å². The number of benzene rings is 1. The number of non-ortho nitro benzene ring substituents is 1. The number of oxime groups is 1. The predicted octanol–water partition coefficient (Wildman–Crippen LogP) is 1.68. The number of nitro benzene ring substituents is 1. The molecule has 0 radical (unpaired) electrons. The lowest BCUT2D eigenvalue weighted by molar-refractivity contribution is -0.384. The third-order valence-corrected chi connectivity index (χ3v) is 2.53. The molecule has 0 spiro atoms. The molecule has 6 nitrogen and oxygen atoms in total. The third-order valence-electron chi connectivity index (χ3n) is 2.53. The third kappa shape index (κ3) is 2.30. The first kappa shape index (κ1) is 11.3. The van der Waals surface area contributed by atoms with Crippen molar-refractivity contribution in [2.24, 2.45) is 5.16 Å². The van der Waals surface area contributed by atoms with Crippen molar-refractivity contribution in [2.75, 3.05) is 0 Å². The Morgan fingerprint density at radius 1 is 1.47 bits per heavy atom. The molecule has 0 aromatic heterocycles. The van der Waals surface area contributed by atoms with Crippen LogP contribution in [-0.2, 0) is 9.63 Å². The minimum atomic E-state index is -0.528. The van der Waals surface area contributed by atoms with Crippen molar-refractivity contribution in [1.82, 2.24) is 0 Å². The van der Waals surface area contributed by atoms with Crippen LogP contribution in [0.15, 0.2) is 29.4 Å². The molecule has 17 heavy (non-hydrogen) atoms. The van der Waals surface area contributed by atoms with Crippen molar-refractivity contribution in [3.05, 3.63) is 39.9 Å². The molecule has 0 aliphatic carbocycles. The normalized spacial score (nSPS) is 18.4. The van der Waals surface area contributed by atoms with Crippen molar-refractivity contribution in [3.8, 4) is 0 Å². The molecular weight excluding hydrogens is 224 g/mol. The molecule has 1 atom stereocenters. The van der Waals surface area contributed by atoms with Crippen molar-refractivity contribution in [2.45, 2.75) is 19.4 Å². The first-order valence-corrected chi connectivity index (χ1v) is 5.06. The van der Waals surface area contributed by atoms with E-state index in [1.165, 1.54) is 19.1 Å². The summed E-state index contributed by atoms with van der Waals surface area (Å²) >= 11 is 0. The highest BCUT2D eigenvalue weighted by atomic mass is 16.6. The first-order chi connectivity index (χ1) is 8.08. The van der Waals surface area contributed by atoms with E-state index in [4.69, 9.17) is 4.84 Å². The lowest BCUT2D eigenvalue weighted by Gasteiger charge is -2.01. The number of nitro groups is 1. The number of carbonyl (C=O) groups excluding carboxylic acids is 1. The van der Waals surface area contributed by atoms with Crippen molar-refractivity contribution in [3.63, 3.8) is 0 Å². The van der Waals surface area contributed by atoms with Gasteiger partial charge in [0.05, 0.1) is 10.6 Å². The number of hydrogen-bond donors (Lipinski definition) is 0. The van der Waals surface area contributed by atoms with Gasteiger partial charge in [-0.2, -0.15) is 0 Å². The van der Waals surface area contributed by atoms with Gasteiger partial charge >= 0.3 is 0 Å². The van der Waals surface area contributed by atoms with E-state index < -0.39 is 11.0 Å². The largest absolute Gasteiger partial charge is 0.384 e. The number of Topliss-reactive ketones (excluding diaryl/α,β-unsaturated/α-hetero) is 1. The second-order valence-corrected chi connectivity index (χ2v) is 3.75.